The highest BCUT2D eigenvalue weighted by molar-refractivity contribution is 5.97. The lowest BCUT2D eigenvalue weighted by atomic mass is 9.94. The van der Waals surface area contributed by atoms with E-state index >= 15 is 0 Å². The van der Waals surface area contributed by atoms with Crippen molar-refractivity contribution in [3.63, 3.8) is 0 Å². The lowest BCUT2D eigenvalue weighted by Crippen LogP contribution is -2.57. The number of pyridine rings is 1. The second kappa shape index (κ2) is 9.82. The Labute approximate surface area is 216 Å². The highest BCUT2D eigenvalue weighted by Crippen LogP contribution is 2.48. The predicted molar refractivity (Wildman–Crippen MR) is 142 cm³/mol. The van der Waals surface area contributed by atoms with Crippen molar-refractivity contribution in [2.75, 3.05) is 7.11 Å². The molecular weight excluding hydrogens is 470 g/mol. The third-order valence-electron chi connectivity index (χ3n) is 6.43. The monoisotopic (exact) mass is 502 g/mol. The van der Waals surface area contributed by atoms with Crippen LogP contribution < -0.4 is 19.8 Å². The van der Waals surface area contributed by atoms with Gasteiger partial charge in [-0.1, -0.05) is 36.9 Å². The van der Waals surface area contributed by atoms with Gasteiger partial charge < -0.3 is 9.47 Å². The molecule has 0 aliphatic carbocycles. The third kappa shape index (κ3) is 5.27. The first-order chi connectivity index (χ1) is 17.4. The summed E-state index contributed by atoms with van der Waals surface area (Å²) in [6.07, 6.45) is 5.61. The molecule has 3 N–H and O–H groups in total. The summed E-state index contributed by atoms with van der Waals surface area (Å²) in [5, 5.41) is 21.9. The van der Waals surface area contributed by atoms with E-state index in [2.05, 4.69) is 17.0 Å². The van der Waals surface area contributed by atoms with Crippen molar-refractivity contribution in [3.8, 4) is 22.8 Å². The summed E-state index contributed by atoms with van der Waals surface area (Å²) in [7, 11) is 1.40. The third-order valence-corrected chi connectivity index (χ3v) is 6.43. The first-order valence-corrected chi connectivity index (χ1v) is 11.9. The lowest BCUT2D eigenvalue weighted by Gasteiger charge is -2.24. The minimum Gasteiger partial charge on any atom is -0.490 e. The molecule has 8 heteroatoms. The van der Waals surface area contributed by atoms with Crippen LogP contribution >= 0.6 is 0 Å². The van der Waals surface area contributed by atoms with Gasteiger partial charge in [0.2, 0.25) is 0 Å². The van der Waals surface area contributed by atoms with Crippen molar-refractivity contribution in [3.05, 3.63) is 89.1 Å². The number of aromatic nitrogens is 1. The highest BCUT2D eigenvalue weighted by Gasteiger charge is 2.44. The number of fused-ring (bicyclic) bond motifs is 1. The zero-order valence-electron chi connectivity index (χ0n) is 21.7. The molecule has 0 saturated heterocycles. The van der Waals surface area contributed by atoms with Crippen LogP contribution in [0.25, 0.3) is 17.3 Å². The van der Waals surface area contributed by atoms with Gasteiger partial charge in [-0.3, -0.25) is 9.78 Å². The second-order valence-electron chi connectivity index (χ2n) is 9.73. The first kappa shape index (κ1) is 26.1. The van der Waals surface area contributed by atoms with Crippen molar-refractivity contribution in [2.45, 2.75) is 39.7 Å². The zero-order valence-corrected chi connectivity index (χ0v) is 21.7. The molecule has 37 heavy (non-hydrogen) atoms. The number of quaternary nitrogens is 1. The maximum absolute atomic E-state index is 13.0. The predicted octanol–water partition coefficient (Wildman–Crippen LogP) is 5.47. The van der Waals surface area contributed by atoms with E-state index in [1.807, 2.05) is 58.0 Å². The van der Waals surface area contributed by atoms with Gasteiger partial charge in [-0.25, -0.2) is 0 Å². The standard InChI is InChI=1S/C29H31N3O5/c1-18-10-14-23(24-9-7-8-16-30-24)22(20(18)3)13-11-19(2)28(33)31-32(34,35)26-25(36-6)15-12-21-17-29(4,5)37-27(21)26/h7-16,34-35H,2,17H2,1,3-6H3/p+1/b13-11-. The maximum atomic E-state index is 13.0. The minimum atomic E-state index is -1.96. The molecule has 1 aliphatic rings. The Bertz CT molecular complexity index is 1390. The summed E-state index contributed by atoms with van der Waals surface area (Å²) in [5.41, 5.74) is 7.04. The van der Waals surface area contributed by atoms with E-state index < -0.39 is 16.4 Å². The van der Waals surface area contributed by atoms with E-state index in [0.717, 1.165) is 33.5 Å². The number of rotatable bonds is 7. The summed E-state index contributed by atoms with van der Waals surface area (Å²) in [4.78, 5) is 15.5. The van der Waals surface area contributed by atoms with Gasteiger partial charge in [0, 0.05) is 29.3 Å². The smallest absolute Gasteiger partial charge is 0.311 e. The average Bonchev–Trinajstić information content (AvgIpc) is 3.17. The van der Waals surface area contributed by atoms with Gasteiger partial charge in [-0.05, 0) is 68.7 Å². The average molecular weight is 503 g/mol. The van der Waals surface area contributed by atoms with Crippen LogP contribution in [0.5, 0.6) is 11.5 Å². The zero-order chi connectivity index (χ0) is 27.0. The normalized spacial score (nSPS) is 14.2. The quantitative estimate of drug-likeness (QED) is 0.171. The lowest BCUT2D eigenvalue weighted by molar-refractivity contribution is -0.319. The van der Waals surface area contributed by atoms with Gasteiger partial charge in [-0.2, -0.15) is 0 Å². The molecule has 0 fully saturated rings. The van der Waals surface area contributed by atoms with E-state index in [-0.39, 0.29) is 22.8 Å². The first-order valence-electron chi connectivity index (χ1n) is 11.9. The molecule has 2 aromatic carbocycles. The summed E-state index contributed by atoms with van der Waals surface area (Å²) in [6, 6.07) is 13.1. The number of hydrogen-bond acceptors (Lipinski definition) is 6. The van der Waals surface area contributed by atoms with Crippen LogP contribution in [0.3, 0.4) is 0 Å². The molecule has 4 rings (SSSR count). The molecule has 3 aromatic rings. The summed E-state index contributed by atoms with van der Waals surface area (Å²) >= 11 is 0. The number of nitrogens with one attached hydrogen (secondary N) is 1. The number of carbonyl (C=O) groups excluding carboxylic acids is 1. The van der Waals surface area contributed by atoms with Crippen LogP contribution in [-0.2, 0) is 11.2 Å². The molecule has 1 amide bonds. The fourth-order valence-corrected chi connectivity index (χ4v) is 4.41. The number of amides is 1. The Kier molecular flexibility index (Phi) is 6.92. The Hall–Kier alpha value is -3.98. The fraction of sp³-hybridized carbons (Fsp3) is 0.241. The molecule has 1 aromatic heterocycles. The van der Waals surface area contributed by atoms with Crippen LogP contribution in [0.2, 0.25) is 0 Å². The van der Waals surface area contributed by atoms with E-state index in [0.29, 0.717) is 6.42 Å². The molecule has 0 bridgehead atoms. The number of methoxy groups -OCH3 is 1. The minimum absolute atomic E-state index is 0.0197. The van der Waals surface area contributed by atoms with Crippen LogP contribution in [-0.4, -0.2) is 34.0 Å². The number of nitrogens with zero attached hydrogens (tertiary/aromatic N) is 2. The molecule has 192 valence electrons. The van der Waals surface area contributed by atoms with Gasteiger partial charge in [0.05, 0.1) is 17.7 Å². The van der Waals surface area contributed by atoms with Crippen LogP contribution in [0.4, 0.5) is 5.69 Å². The molecule has 0 unspecified atom stereocenters. The van der Waals surface area contributed by atoms with Gasteiger partial charge in [0.25, 0.3) is 0 Å². The van der Waals surface area contributed by atoms with Gasteiger partial charge >= 0.3 is 11.6 Å². The molecule has 2 heterocycles. The number of ether oxygens (including phenoxy) is 2. The summed E-state index contributed by atoms with van der Waals surface area (Å²) in [5.74, 6) is -0.382. The molecule has 0 saturated carbocycles. The van der Waals surface area contributed by atoms with Gasteiger partial charge in [0.15, 0.2) is 11.5 Å². The van der Waals surface area contributed by atoms with E-state index in [1.165, 1.54) is 13.2 Å². The van der Waals surface area contributed by atoms with Gasteiger partial charge in [-0.15, -0.1) is 15.8 Å². The topological polar surface area (TPSA) is 101 Å². The van der Waals surface area contributed by atoms with Crippen molar-refractivity contribution in [2.24, 2.45) is 0 Å². The number of aryl methyl sites for hydroxylation is 1. The van der Waals surface area contributed by atoms with E-state index in [1.54, 1.807) is 24.4 Å². The molecule has 8 nitrogen and oxygen atoms in total. The van der Waals surface area contributed by atoms with E-state index in [4.69, 9.17) is 9.47 Å². The van der Waals surface area contributed by atoms with Crippen LogP contribution in [0.15, 0.2) is 66.9 Å². The van der Waals surface area contributed by atoms with E-state index in [9.17, 15) is 15.2 Å². The van der Waals surface area contributed by atoms with Gasteiger partial charge in [0.1, 0.15) is 5.60 Å². The second-order valence-corrected chi connectivity index (χ2v) is 9.73. The molecule has 0 spiro atoms. The molecule has 0 radical (unpaired) electrons. The number of hydrogen-bond donors (Lipinski definition) is 3. The van der Waals surface area contributed by atoms with Crippen LogP contribution in [0.1, 0.15) is 36.1 Å². The number of benzene rings is 2. The Morgan fingerprint density at radius 2 is 1.95 bits per heavy atom. The van der Waals surface area contributed by atoms with Crippen molar-refractivity contribution >= 4 is 17.7 Å². The highest BCUT2D eigenvalue weighted by atomic mass is 16.9. The molecule has 0 atom stereocenters. The Morgan fingerprint density at radius 3 is 2.62 bits per heavy atom. The summed E-state index contributed by atoms with van der Waals surface area (Å²) in [6.45, 7) is 11.6. The Balaban J connectivity index is 1.61. The fourth-order valence-electron chi connectivity index (χ4n) is 4.41. The van der Waals surface area contributed by atoms with Crippen molar-refractivity contribution in [1.82, 2.24) is 15.3 Å². The largest absolute Gasteiger partial charge is 0.490 e. The summed E-state index contributed by atoms with van der Waals surface area (Å²) < 4.78 is 11.3. The van der Waals surface area contributed by atoms with Crippen molar-refractivity contribution in [1.29, 1.82) is 0 Å². The van der Waals surface area contributed by atoms with Crippen LogP contribution in [0, 0.1) is 13.8 Å². The Morgan fingerprint density at radius 1 is 1.19 bits per heavy atom. The maximum Gasteiger partial charge on any atom is 0.311 e. The SMILES string of the molecule is C=C(/C=C\c1c(-c2ccccn2)ccc(C)c1C)C(=O)N[N+](O)(O)c1c(OC)ccc2c1OC(C)(C)C2. The van der Waals surface area contributed by atoms with Crippen molar-refractivity contribution < 1.29 is 24.7 Å². The number of carbonyl (C=O) groups is 1. The molecular formula is C29H32N3O5+. The molecule has 1 aliphatic heterocycles.